The summed E-state index contributed by atoms with van der Waals surface area (Å²) in [6, 6.07) is 4.76. The Morgan fingerprint density at radius 3 is 2.74 bits per heavy atom. The van der Waals surface area contributed by atoms with Crippen LogP contribution in [0.4, 0.5) is 5.82 Å². The van der Waals surface area contributed by atoms with E-state index in [4.69, 9.17) is 15.6 Å². The van der Waals surface area contributed by atoms with Crippen LogP contribution >= 0.6 is 0 Å². The number of primary sulfonamides is 1. The van der Waals surface area contributed by atoms with Gasteiger partial charge in [0.1, 0.15) is 34.1 Å². The minimum Gasteiger partial charge on any atom is -0.382 e. The molecule has 1 aliphatic heterocycles. The number of pyridine rings is 1. The van der Waals surface area contributed by atoms with E-state index in [1.807, 2.05) is 6.07 Å². The highest BCUT2D eigenvalue weighted by Gasteiger charge is 2.27. The lowest BCUT2D eigenvalue weighted by atomic mass is 10.1. The summed E-state index contributed by atoms with van der Waals surface area (Å²) in [6.45, 7) is 0.615. The van der Waals surface area contributed by atoms with E-state index < -0.39 is 10.0 Å². The lowest BCUT2D eigenvalue weighted by Crippen LogP contribution is -2.13. The molecule has 10 heteroatoms. The maximum atomic E-state index is 11.3. The van der Waals surface area contributed by atoms with E-state index in [-0.39, 0.29) is 28.2 Å². The fourth-order valence-corrected chi connectivity index (χ4v) is 2.88. The highest BCUT2D eigenvalue weighted by atomic mass is 32.2. The first-order valence-corrected chi connectivity index (χ1v) is 8.36. The molecule has 9 nitrogen and oxygen atoms in total. The molecule has 120 valence electrons. The van der Waals surface area contributed by atoms with Gasteiger partial charge in [0.15, 0.2) is 5.82 Å². The molecule has 23 heavy (non-hydrogen) atoms. The lowest BCUT2D eigenvalue weighted by molar-refractivity contribution is 0.108. The number of anilines is 1. The Hall–Kier alpha value is -2.48. The highest BCUT2D eigenvalue weighted by Crippen LogP contribution is 2.32. The molecule has 3 rings (SSSR count). The number of ether oxygens (including phenoxy) is 1. The third-order valence-corrected chi connectivity index (χ3v) is 4.46. The average molecular weight is 334 g/mol. The molecule has 0 radical (unpaired) electrons. The van der Waals surface area contributed by atoms with Gasteiger partial charge in [-0.1, -0.05) is 0 Å². The summed E-state index contributed by atoms with van der Waals surface area (Å²) in [5, 5.41) is 18.7. The molecule has 1 fully saturated rings. The van der Waals surface area contributed by atoms with Crippen LogP contribution in [0.2, 0.25) is 0 Å². The number of hydrogen-bond acceptors (Lipinski definition) is 7. The first kappa shape index (κ1) is 15.4. The smallest absolute Gasteiger partial charge is 0.239 e. The molecule has 1 unspecified atom stereocenters. The van der Waals surface area contributed by atoms with Crippen LogP contribution in [0.15, 0.2) is 23.2 Å². The lowest BCUT2D eigenvalue weighted by Gasteiger charge is -2.05. The normalized spacial score (nSPS) is 18.0. The second-order valence-electron chi connectivity index (χ2n) is 5.07. The fourth-order valence-electron chi connectivity index (χ4n) is 2.42. The number of nitriles is 1. The van der Waals surface area contributed by atoms with Gasteiger partial charge in [0.25, 0.3) is 0 Å². The molecule has 2 aromatic rings. The van der Waals surface area contributed by atoms with Crippen molar-refractivity contribution in [3.05, 3.63) is 29.6 Å². The van der Waals surface area contributed by atoms with Crippen molar-refractivity contribution in [2.75, 3.05) is 12.3 Å². The third-order valence-electron chi connectivity index (χ3n) is 3.56. The summed E-state index contributed by atoms with van der Waals surface area (Å²) >= 11 is 0. The Morgan fingerprint density at radius 1 is 1.43 bits per heavy atom. The molecule has 3 heterocycles. The van der Waals surface area contributed by atoms with Crippen LogP contribution in [0.5, 0.6) is 0 Å². The first-order chi connectivity index (χ1) is 10.9. The molecule has 0 aliphatic carbocycles. The number of sulfonamides is 1. The number of rotatable bonds is 3. The van der Waals surface area contributed by atoms with Gasteiger partial charge in [-0.3, -0.25) is 0 Å². The van der Waals surface area contributed by atoms with E-state index >= 15 is 0 Å². The number of hydrogen-bond donors (Lipinski definition) is 2. The Labute approximate surface area is 132 Å². The summed E-state index contributed by atoms with van der Waals surface area (Å²) in [4.78, 5) is 3.88. The van der Waals surface area contributed by atoms with E-state index in [0.717, 1.165) is 19.0 Å². The van der Waals surface area contributed by atoms with Crippen LogP contribution in [-0.2, 0) is 14.8 Å². The zero-order valence-corrected chi connectivity index (χ0v) is 12.8. The predicted molar refractivity (Wildman–Crippen MR) is 79.8 cm³/mol. The van der Waals surface area contributed by atoms with E-state index in [1.165, 1.54) is 16.8 Å². The van der Waals surface area contributed by atoms with Gasteiger partial charge in [-0.05, 0) is 25.0 Å². The molecule has 0 spiro atoms. The summed E-state index contributed by atoms with van der Waals surface area (Å²) in [5.74, 6) is 0.421. The summed E-state index contributed by atoms with van der Waals surface area (Å²) in [5.41, 5.74) is 6.69. The van der Waals surface area contributed by atoms with Crippen LogP contribution in [-0.4, -0.2) is 29.8 Å². The number of nitrogen functional groups attached to an aromatic ring is 1. The quantitative estimate of drug-likeness (QED) is 0.814. The van der Waals surface area contributed by atoms with E-state index in [9.17, 15) is 13.7 Å². The van der Waals surface area contributed by atoms with Gasteiger partial charge in [-0.15, -0.1) is 0 Å². The van der Waals surface area contributed by atoms with Crippen LogP contribution in [0.25, 0.3) is 5.82 Å². The van der Waals surface area contributed by atoms with Gasteiger partial charge in [-0.2, -0.15) is 15.0 Å². The zero-order valence-electron chi connectivity index (χ0n) is 12.0. The second kappa shape index (κ2) is 5.62. The minimum atomic E-state index is -3.83. The van der Waals surface area contributed by atoms with Crippen LogP contribution in [0, 0.1) is 11.3 Å². The summed E-state index contributed by atoms with van der Waals surface area (Å²) in [6.07, 6.45) is 2.51. The maximum absolute atomic E-state index is 11.3. The molecule has 0 bridgehead atoms. The van der Waals surface area contributed by atoms with Gasteiger partial charge < -0.3 is 10.5 Å². The van der Waals surface area contributed by atoms with Crippen molar-refractivity contribution >= 4 is 15.8 Å². The van der Waals surface area contributed by atoms with E-state index in [2.05, 4.69) is 10.1 Å². The molecule has 0 aromatic carbocycles. The second-order valence-corrected chi connectivity index (χ2v) is 6.63. The van der Waals surface area contributed by atoms with Crippen LogP contribution in [0.3, 0.4) is 0 Å². The van der Waals surface area contributed by atoms with Crippen molar-refractivity contribution in [3.63, 3.8) is 0 Å². The van der Waals surface area contributed by atoms with Crippen molar-refractivity contribution in [2.24, 2.45) is 5.14 Å². The number of nitrogens with zero attached hydrogens (tertiary/aromatic N) is 4. The Kier molecular flexibility index (Phi) is 3.77. The highest BCUT2D eigenvalue weighted by molar-refractivity contribution is 7.89. The average Bonchev–Trinajstić information content (AvgIpc) is 3.14. The largest absolute Gasteiger partial charge is 0.382 e. The SMILES string of the molecule is N#Cc1c(C2CCCO2)nn(-c2ccc(S(N)(=O)=O)cn2)c1N. The molecule has 0 saturated carbocycles. The van der Waals surface area contributed by atoms with E-state index in [1.54, 1.807) is 0 Å². The van der Waals surface area contributed by atoms with E-state index in [0.29, 0.717) is 12.3 Å². The maximum Gasteiger partial charge on any atom is 0.239 e. The molecular formula is C13H14N6O3S. The van der Waals surface area contributed by atoms with Crippen LogP contribution in [0.1, 0.15) is 30.2 Å². The van der Waals surface area contributed by atoms with Gasteiger partial charge in [-0.25, -0.2) is 18.5 Å². The standard InChI is InChI=1S/C13H14N6O3S/c14-6-9-12(10-2-1-5-22-10)18-19(13(9)15)11-4-3-8(7-17-11)23(16,20)21/h3-4,7,10H,1-2,5,15H2,(H2,16,20,21). The molecule has 1 saturated heterocycles. The molecular weight excluding hydrogens is 320 g/mol. The molecule has 0 amide bonds. The fraction of sp³-hybridized carbons (Fsp3) is 0.308. The van der Waals surface area contributed by atoms with Gasteiger partial charge in [0.2, 0.25) is 10.0 Å². The topological polar surface area (TPSA) is 150 Å². The van der Waals surface area contributed by atoms with Crippen molar-refractivity contribution < 1.29 is 13.2 Å². The van der Waals surface area contributed by atoms with Crippen molar-refractivity contribution in [3.8, 4) is 11.9 Å². The van der Waals surface area contributed by atoms with Gasteiger partial charge in [0.05, 0.1) is 0 Å². The molecule has 1 aliphatic rings. The van der Waals surface area contributed by atoms with Crippen molar-refractivity contribution in [1.29, 1.82) is 5.26 Å². The first-order valence-electron chi connectivity index (χ1n) is 6.81. The summed E-state index contributed by atoms with van der Waals surface area (Å²) in [7, 11) is -3.83. The number of nitrogens with two attached hydrogens (primary N) is 2. The van der Waals surface area contributed by atoms with Crippen LogP contribution < -0.4 is 10.9 Å². The summed E-state index contributed by atoms with van der Waals surface area (Å²) < 4.78 is 29.4. The third kappa shape index (κ3) is 2.77. The number of aromatic nitrogens is 3. The molecule has 1 atom stereocenters. The minimum absolute atomic E-state index is 0.119. The molecule has 4 N–H and O–H groups in total. The predicted octanol–water partition coefficient (Wildman–Crippen LogP) is 0.220. The Balaban J connectivity index is 2.05. The Morgan fingerprint density at radius 2 is 2.22 bits per heavy atom. The zero-order chi connectivity index (χ0) is 16.6. The van der Waals surface area contributed by atoms with Gasteiger partial charge >= 0.3 is 0 Å². The molecule has 2 aromatic heterocycles. The van der Waals surface area contributed by atoms with Gasteiger partial charge in [0, 0.05) is 12.8 Å². The monoisotopic (exact) mass is 334 g/mol. The Bertz CT molecular complexity index is 876. The van der Waals surface area contributed by atoms with Crippen molar-refractivity contribution in [2.45, 2.75) is 23.8 Å². The van der Waals surface area contributed by atoms with Crippen molar-refractivity contribution in [1.82, 2.24) is 14.8 Å².